The molecule has 1 N–H and O–H groups in total. The Morgan fingerprint density at radius 3 is 2.73 bits per heavy atom. The quantitative estimate of drug-likeness (QED) is 0.709. The van der Waals surface area contributed by atoms with Gasteiger partial charge in [0.15, 0.2) is 0 Å². The molecule has 1 fully saturated rings. The summed E-state index contributed by atoms with van der Waals surface area (Å²) in [5, 5.41) is 12.2. The molecule has 2 aliphatic rings. The van der Waals surface area contributed by atoms with E-state index in [-0.39, 0.29) is 0 Å². The van der Waals surface area contributed by atoms with E-state index >= 15 is 0 Å². The van der Waals surface area contributed by atoms with Gasteiger partial charge in [0.1, 0.15) is 0 Å². The fourth-order valence-corrected chi connectivity index (χ4v) is 2.48. The number of piperidine rings is 1. The number of hydrogen-bond acceptors (Lipinski definition) is 2. The summed E-state index contributed by atoms with van der Waals surface area (Å²) in [7, 11) is 0. The fraction of sp³-hybridized carbons (Fsp3) is 0.615. The van der Waals surface area contributed by atoms with Crippen LogP contribution < -0.4 is 5.32 Å². The molecular formula is C13H18N2. The summed E-state index contributed by atoms with van der Waals surface area (Å²) in [6.45, 7) is 2.30. The van der Waals surface area contributed by atoms with Crippen LogP contribution in [-0.2, 0) is 0 Å². The van der Waals surface area contributed by atoms with Gasteiger partial charge in [0.2, 0.25) is 0 Å². The van der Waals surface area contributed by atoms with E-state index in [0.29, 0.717) is 0 Å². The average molecular weight is 202 g/mol. The maximum atomic E-state index is 8.86. The number of nitriles is 1. The van der Waals surface area contributed by atoms with E-state index in [1.54, 1.807) is 5.57 Å². The van der Waals surface area contributed by atoms with E-state index < -0.39 is 0 Å². The van der Waals surface area contributed by atoms with E-state index in [9.17, 15) is 0 Å². The SMILES string of the molecule is N#CC1=CC=C(C2CCNCC2)CCC1. The molecule has 1 heterocycles. The highest BCUT2D eigenvalue weighted by Gasteiger charge is 2.17. The summed E-state index contributed by atoms with van der Waals surface area (Å²) in [5.41, 5.74) is 2.51. The smallest absolute Gasteiger partial charge is 0.0947 e. The Morgan fingerprint density at radius 2 is 2.00 bits per heavy atom. The molecule has 1 aliphatic carbocycles. The van der Waals surface area contributed by atoms with E-state index in [0.717, 1.165) is 37.4 Å². The highest BCUT2D eigenvalue weighted by molar-refractivity contribution is 5.30. The van der Waals surface area contributed by atoms with E-state index in [2.05, 4.69) is 17.5 Å². The van der Waals surface area contributed by atoms with Crippen molar-refractivity contribution < 1.29 is 0 Å². The van der Waals surface area contributed by atoms with Crippen LogP contribution in [0.2, 0.25) is 0 Å². The minimum Gasteiger partial charge on any atom is -0.317 e. The van der Waals surface area contributed by atoms with Crippen LogP contribution in [0.3, 0.4) is 0 Å². The number of nitrogens with zero attached hydrogens (tertiary/aromatic N) is 1. The standard InChI is InChI=1S/C13H18N2/c14-10-11-2-1-3-12(5-4-11)13-6-8-15-9-7-13/h4-5,13,15H,1-3,6-9H2. The predicted octanol–water partition coefficient (Wildman–Crippen LogP) is 2.55. The lowest BCUT2D eigenvalue weighted by Crippen LogP contribution is -2.28. The molecule has 0 amide bonds. The van der Waals surface area contributed by atoms with Crippen LogP contribution in [0.1, 0.15) is 32.1 Å². The van der Waals surface area contributed by atoms with E-state index in [4.69, 9.17) is 5.26 Å². The van der Waals surface area contributed by atoms with Gasteiger partial charge in [-0.05, 0) is 57.2 Å². The normalized spacial score (nSPS) is 23.7. The summed E-state index contributed by atoms with van der Waals surface area (Å²) in [4.78, 5) is 0. The molecule has 1 aliphatic heterocycles. The minimum absolute atomic E-state index is 0.764. The molecule has 0 aromatic heterocycles. The number of allylic oxidation sites excluding steroid dienone is 4. The van der Waals surface area contributed by atoms with Crippen molar-refractivity contribution in [2.24, 2.45) is 5.92 Å². The van der Waals surface area contributed by atoms with Crippen molar-refractivity contribution in [3.63, 3.8) is 0 Å². The van der Waals surface area contributed by atoms with Gasteiger partial charge in [-0.3, -0.25) is 0 Å². The van der Waals surface area contributed by atoms with E-state index in [1.807, 2.05) is 6.08 Å². The van der Waals surface area contributed by atoms with Gasteiger partial charge in [0.25, 0.3) is 0 Å². The topological polar surface area (TPSA) is 35.8 Å². The zero-order valence-electron chi connectivity index (χ0n) is 9.13. The zero-order chi connectivity index (χ0) is 10.5. The maximum absolute atomic E-state index is 8.86. The molecule has 0 aromatic carbocycles. The van der Waals surface area contributed by atoms with Crippen molar-refractivity contribution in [2.45, 2.75) is 32.1 Å². The highest BCUT2D eigenvalue weighted by atomic mass is 14.9. The third-order valence-corrected chi connectivity index (χ3v) is 3.42. The molecule has 2 nitrogen and oxygen atoms in total. The Morgan fingerprint density at radius 1 is 1.20 bits per heavy atom. The van der Waals surface area contributed by atoms with Crippen molar-refractivity contribution in [2.75, 3.05) is 13.1 Å². The monoisotopic (exact) mass is 202 g/mol. The van der Waals surface area contributed by atoms with Gasteiger partial charge in [-0.25, -0.2) is 0 Å². The molecule has 0 bridgehead atoms. The first-order valence-corrected chi connectivity index (χ1v) is 5.90. The van der Waals surface area contributed by atoms with Crippen molar-refractivity contribution in [3.8, 4) is 6.07 Å². The lowest BCUT2D eigenvalue weighted by molar-refractivity contribution is 0.410. The Labute approximate surface area is 91.7 Å². The molecular weight excluding hydrogens is 184 g/mol. The van der Waals surface area contributed by atoms with Crippen molar-refractivity contribution >= 4 is 0 Å². The Kier molecular flexibility index (Phi) is 3.58. The molecule has 0 aromatic rings. The van der Waals surface area contributed by atoms with Crippen molar-refractivity contribution in [3.05, 3.63) is 23.3 Å². The van der Waals surface area contributed by atoms with Gasteiger partial charge in [-0.15, -0.1) is 0 Å². The number of nitrogens with one attached hydrogen (secondary N) is 1. The lowest BCUT2D eigenvalue weighted by Gasteiger charge is -2.24. The van der Waals surface area contributed by atoms with Gasteiger partial charge in [-0.1, -0.05) is 11.6 Å². The summed E-state index contributed by atoms with van der Waals surface area (Å²) >= 11 is 0. The second kappa shape index (κ2) is 5.14. The maximum Gasteiger partial charge on any atom is 0.0947 e. The van der Waals surface area contributed by atoms with Crippen LogP contribution in [0, 0.1) is 17.2 Å². The molecule has 1 saturated heterocycles. The lowest BCUT2D eigenvalue weighted by atomic mass is 9.87. The summed E-state index contributed by atoms with van der Waals surface area (Å²) < 4.78 is 0. The van der Waals surface area contributed by atoms with Gasteiger partial charge in [0, 0.05) is 5.57 Å². The van der Waals surface area contributed by atoms with Crippen LogP contribution in [0.15, 0.2) is 23.3 Å². The minimum atomic E-state index is 0.764. The molecule has 15 heavy (non-hydrogen) atoms. The Hall–Kier alpha value is -1.07. The second-order valence-corrected chi connectivity index (χ2v) is 4.42. The van der Waals surface area contributed by atoms with Crippen LogP contribution >= 0.6 is 0 Å². The average Bonchev–Trinajstić information content (AvgIpc) is 2.55. The van der Waals surface area contributed by atoms with Crippen LogP contribution in [0.4, 0.5) is 0 Å². The molecule has 0 radical (unpaired) electrons. The van der Waals surface area contributed by atoms with Gasteiger partial charge in [-0.2, -0.15) is 5.26 Å². The molecule has 0 unspecified atom stereocenters. The van der Waals surface area contributed by atoms with Gasteiger partial charge in [0.05, 0.1) is 6.07 Å². The Bertz CT molecular complexity index is 314. The molecule has 80 valence electrons. The third-order valence-electron chi connectivity index (χ3n) is 3.42. The van der Waals surface area contributed by atoms with Crippen LogP contribution in [-0.4, -0.2) is 13.1 Å². The van der Waals surface area contributed by atoms with Crippen molar-refractivity contribution in [1.29, 1.82) is 5.26 Å². The molecule has 2 rings (SSSR count). The first-order valence-electron chi connectivity index (χ1n) is 5.90. The largest absolute Gasteiger partial charge is 0.317 e. The highest BCUT2D eigenvalue weighted by Crippen LogP contribution is 2.28. The second-order valence-electron chi connectivity index (χ2n) is 4.42. The number of hydrogen-bond donors (Lipinski definition) is 1. The van der Waals surface area contributed by atoms with Crippen LogP contribution in [0.5, 0.6) is 0 Å². The van der Waals surface area contributed by atoms with Crippen molar-refractivity contribution in [1.82, 2.24) is 5.32 Å². The van der Waals surface area contributed by atoms with Gasteiger partial charge >= 0.3 is 0 Å². The third kappa shape index (κ3) is 2.70. The Balaban J connectivity index is 2.05. The van der Waals surface area contributed by atoms with E-state index in [1.165, 1.54) is 19.3 Å². The summed E-state index contributed by atoms with van der Waals surface area (Å²) in [6.07, 6.45) is 10.1. The van der Waals surface area contributed by atoms with Crippen LogP contribution in [0.25, 0.3) is 0 Å². The first-order chi connectivity index (χ1) is 7.40. The first kappa shape index (κ1) is 10.4. The zero-order valence-corrected chi connectivity index (χ0v) is 9.13. The molecule has 0 spiro atoms. The summed E-state index contributed by atoms with van der Waals surface area (Å²) in [5.74, 6) is 0.764. The summed E-state index contributed by atoms with van der Waals surface area (Å²) in [6, 6.07) is 2.27. The molecule has 0 atom stereocenters. The molecule has 2 heteroatoms. The van der Waals surface area contributed by atoms with Gasteiger partial charge < -0.3 is 5.32 Å². The number of rotatable bonds is 1. The molecule has 0 saturated carbocycles. The predicted molar refractivity (Wildman–Crippen MR) is 61.2 cm³/mol. The fourth-order valence-electron chi connectivity index (χ4n) is 2.48.